The van der Waals surface area contributed by atoms with Gasteiger partial charge in [-0.05, 0) is 37.3 Å². The van der Waals surface area contributed by atoms with Crippen LogP contribution in [-0.2, 0) is 27.4 Å². The number of sulfone groups is 1. The lowest BCUT2D eigenvalue weighted by Crippen LogP contribution is -2.29. The first-order valence-corrected chi connectivity index (χ1v) is 13.3. The van der Waals surface area contributed by atoms with E-state index in [0.717, 1.165) is 0 Å². The molecular weight excluding hydrogens is 520 g/mol. The van der Waals surface area contributed by atoms with E-state index in [9.17, 15) is 8.42 Å². The molecule has 0 spiro atoms. The van der Waals surface area contributed by atoms with Crippen molar-refractivity contribution in [3.8, 4) is 28.7 Å². The van der Waals surface area contributed by atoms with E-state index < -0.39 is 26.9 Å². The molecule has 196 valence electrons. The van der Waals surface area contributed by atoms with Crippen molar-refractivity contribution in [3.05, 3.63) is 65.3 Å². The molecule has 0 fully saturated rings. The van der Waals surface area contributed by atoms with Gasteiger partial charge in [-0.2, -0.15) is 5.10 Å². The average molecular weight is 547 g/mol. The number of hydrogen-bond donors (Lipinski definition) is 0. The highest BCUT2D eigenvalue weighted by Crippen LogP contribution is 2.37. The fraction of sp³-hybridized carbons (Fsp3) is 0.333. The number of ether oxygens (including phenoxy) is 3. The number of pyridine rings is 1. The molecule has 0 amide bonds. The summed E-state index contributed by atoms with van der Waals surface area (Å²) >= 11 is 5.95. The predicted octanol–water partition coefficient (Wildman–Crippen LogP) is 3.42. The van der Waals surface area contributed by atoms with Gasteiger partial charge >= 0.3 is 0 Å². The summed E-state index contributed by atoms with van der Waals surface area (Å²) in [5.74, 6) is 0.951. The van der Waals surface area contributed by atoms with Gasteiger partial charge in [0.15, 0.2) is 21.5 Å². The number of hydrogen-bond acceptors (Lipinski definition) is 9. The van der Waals surface area contributed by atoms with Gasteiger partial charge in [0.1, 0.15) is 34.7 Å². The highest BCUT2D eigenvalue weighted by Gasteiger charge is 2.34. The van der Waals surface area contributed by atoms with Gasteiger partial charge in [0.05, 0.1) is 30.2 Å². The highest BCUT2D eigenvalue weighted by molar-refractivity contribution is 7.91. The fourth-order valence-corrected chi connectivity index (χ4v) is 5.55. The molecule has 37 heavy (non-hydrogen) atoms. The lowest BCUT2D eigenvalue weighted by molar-refractivity contribution is 0.0987. The monoisotopic (exact) mass is 546 g/mol. The Kier molecular flexibility index (Phi) is 7.81. The molecule has 3 heterocycles. The molecule has 13 heteroatoms. The van der Waals surface area contributed by atoms with Crippen molar-refractivity contribution >= 4 is 21.4 Å². The molecule has 0 bridgehead atoms. The predicted molar refractivity (Wildman–Crippen MR) is 138 cm³/mol. The zero-order chi connectivity index (χ0) is 26.7. The van der Waals surface area contributed by atoms with Crippen LogP contribution in [0.4, 0.5) is 0 Å². The molecule has 11 nitrogen and oxygen atoms in total. The third kappa shape index (κ3) is 5.31. The van der Waals surface area contributed by atoms with Crippen LogP contribution in [0.1, 0.15) is 24.5 Å². The van der Waals surface area contributed by atoms with Crippen molar-refractivity contribution in [2.75, 3.05) is 21.3 Å². The van der Waals surface area contributed by atoms with Gasteiger partial charge in [-0.1, -0.05) is 17.7 Å². The first-order valence-electron chi connectivity index (χ1n) is 11.2. The van der Waals surface area contributed by atoms with Crippen LogP contribution in [0, 0.1) is 0 Å². The van der Waals surface area contributed by atoms with Gasteiger partial charge in [-0.15, -0.1) is 10.2 Å². The number of benzene rings is 1. The molecule has 4 rings (SSSR count). The Hall–Kier alpha value is -3.48. The standard InChI is InChI=1S/C24H27ClN6O5S/c1-15(23(36-5)17-10-9-16(25)13-26-17)37(32,33)14-21-27-28-24(18-11-12-30(2)29-18)31(21)22-19(34-3)7-6-8-20(22)35-4/h6-13,15,23H,14H2,1-5H3/t15-,23-/m0/s1. The van der Waals surface area contributed by atoms with Crippen LogP contribution in [0.3, 0.4) is 0 Å². The van der Waals surface area contributed by atoms with Crippen LogP contribution in [-0.4, -0.2) is 64.5 Å². The van der Waals surface area contributed by atoms with E-state index in [2.05, 4.69) is 20.3 Å². The van der Waals surface area contributed by atoms with Gasteiger partial charge in [0.2, 0.25) is 0 Å². The Labute approximate surface area is 219 Å². The minimum atomic E-state index is -3.84. The van der Waals surface area contributed by atoms with Crippen LogP contribution >= 0.6 is 11.6 Å². The van der Waals surface area contributed by atoms with Gasteiger partial charge in [-0.3, -0.25) is 14.2 Å². The summed E-state index contributed by atoms with van der Waals surface area (Å²) in [5.41, 5.74) is 1.41. The van der Waals surface area contributed by atoms with Gasteiger partial charge in [0, 0.05) is 26.6 Å². The second-order valence-electron chi connectivity index (χ2n) is 8.23. The first-order chi connectivity index (χ1) is 17.7. The minimum absolute atomic E-state index is 0.161. The molecular formula is C24H27ClN6O5S. The second-order valence-corrected chi connectivity index (χ2v) is 11.0. The van der Waals surface area contributed by atoms with E-state index in [0.29, 0.717) is 39.4 Å². The lowest BCUT2D eigenvalue weighted by Gasteiger charge is -2.23. The Bertz CT molecular complexity index is 1460. The smallest absolute Gasteiger partial charge is 0.189 e. The van der Waals surface area contributed by atoms with Crippen molar-refractivity contribution < 1.29 is 22.6 Å². The van der Waals surface area contributed by atoms with Crippen LogP contribution < -0.4 is 9.47 Å². The maximum Gasteiger partial charge on any atom is 0.189 e. The summed E-state index contributed by atoms with van der Waals surface area (Å²) in [6, 6.07) is 10.3. The molecule has 0 unspecified atom stereocenters. The van der Waals surface area contributed by atoms with Crippen molar-refractivity contribution in [1.29, 1.82) is 0 Å². The second kappa shape index (κ2) is 10.9. The largest absolute Gasteiger partial charge is 0.494 e. The van der Waals surface area contributed by atoms with Crippen LogP contribution in [0.15, 0.2) is 48.8 Å². The highest BCUT2D eigenvalue weighted by atomic mass is 35.5. The molecule has 1 aromatic carbocycles. The number of aromatic nitrogens is 6. The van der Waals surface area contributed by atoms with E-state index in [4.69, 9.17) is 25.8 Å². The third-order valence-corrected chi connectivity index (χ3v) is 8.18. The van der Waals surface area contributed by atoms with E-state index in [-0.39, 0.29) is 5.82 Å². The first kappa shape index (κ1) is 26.6. The van der Waals surface area contributed by atoms with Crippen molar-refractivity contribution in [2.24, 2.45) is 7.05 Å². The molecule has 2 atom stereocenters. The molecule has 0 saturated heterocycles. The maximum absolute atomic E-state index is 13.7. The number of aryl methyl sites for hydroxylation is 1. The molecule has 4 aromatic rings. The van der Waals surface area contributed by atoms with Crippen molar-refractivity contribution in [2.45, 2.75) is 24.0 Å². The summed E-state index contributed by atoms with van der Waals surface area (Å²) in [6.45, 7) is 1.57. The van der Waals surface area contributed by atoms with Crippen molar-refractivity contribution in [1.82, 2.24) is 29.5 Å². The minimum Gasteiger partial charge on any atom is -0.494 e. The van der Waals surface area contributed by atoms with E-state index in [1.54, 1.807) is 65.8 Å². The average Bonchev–Trinajstić information content (AvgIpc) is 3.50. The number of methoxy groups -OCH3 is 3. The zero-order valence-electron chi connectivity index (χ0n) is 21.0. The van der Waals surface area contributed by atoms with E-state index in [1.165, 1.54) is 27.5 Å². The summed E-state index contributed by atoms with van der Waals surface area (Å²) in [4.78, 5) is 4.25. The topological polar surface area (TPSA) is 123 Å². The molecule has 3 aromatic heterocycles. The molecule has 0 saturated carbocycles. The van der Waals surface area contributed by atoms with Gasteiger partial charge in [0.25, 0.3) is 0 Å². The van der Waals surface area contributed by atoms with E-state index >= 15 is 0 Å². The summed E-state index contributed by atoms with van der Waals surface area (Å²) < 4.78 is 47.3. The zero-order valence-corrected chi connectivity index (χ0v) is 22.6. The van der Waals surface area contributed by atoms with Crippen LogP contribution in [0.5, 0.6) is 11.5 Å². The summed E-state index contributed by atoms with van der Waals surface area (Å²) in [7, 11) is 2.40. The Morgan fingerprint density at radius 2 is 1.73 bits per heavy atom. The van der Waals surface area contributed by atoms with Crippen LogP contribution in [0.2, 0.25) is 5.02 Å². The number of rotatable bonds is 10. The number of halogens is 1. The molecule has 0 aliphatic heterocycles. The molecule has 0 aliphatic carbocycles. The molecule has 0 aliphatic rings. The van der Waals surface area contributed by atoms with Gasteiger partial charge in [-0.25, -0.2) is 8.42 Å². The Balaban J connectivity index is 1.82. The number of para-hydroxylation sites is 1. The van der Waals surface area contributed by atoms with Crippen molar-refractivity contribution in [3.63, 3.8) is 0 Å². The Morgan fingerprint density at radius 1 is 1.03 bits per heavy atom. The van der Waals surface area contributed by atoms with Crippen LogP contribution in [0.25, 0.3) is 17.2 Å². The number of nitrogens with zero attached hydrogens (tertiary/aromatic N) is 6. The third-order valence-electron chi connectivity index (χ3n) is 5.92. The fourth-order valence-electron chi connectivity index (χ4n) is 4.01. The Morgan fingerprint density at radius 3 is 2.27 bits per heavy atom. The normalized spacial score (nSPS) is 13.4. The van der Waals surface area contributed by atoms with E-state index in [1.807, 2.05) is 0 Å². The summed E-state index contributed by atoms with van der Waals surface area (Å²) in [5, 5.41) is 12.5. The maximum atomic E-state index is 13.7. The molecule has 0 radical (unpaired) electrons. The lowest BCUT2D eigenvalue weighted by atomic mass is 10.2. The SMILES string of the molecule is COc1cccc(OC)c1-n1c(CS(=O)(=O)[C@@H](C)[C@H](OC)c2ccc(Cl)cn2)nnc1-c1ccn(C)n1. The quantitative estimate of drug-likeness (QED) is 0.294. The molecule has 0 N–H and O–H groups in total. The van der Waals surface area contributed by atoms with Gasteiger partial charge < -0.3 is 14.2 Å². The summed E-state index contributed by atoms with van der Waals surface area (Å²) in [6.07, 6.45) is 2.38.